The van der Waals surface area contributed by atoms with Gasteiger partial charge in [0.1, 0.15) is 24.1 Å². The molecule has 0 N–H and O–H groups in total. The number of rotatable bonds is 9. The summed E-state index contributed by atoms with van der Waals surface area (Å²) in [7, 11) is -1.14. The van der Waals surface area contributed by atoms with E-state index in [1.165, 1.54) is 0 Å². The van der Waals surface area contributed by atoms with Gasteiger partial charge >= 0.3 is 6.18 Å². The smallest absolute Gasteiger partial charge is 0.361 e. The zero-order valence-corrected chi connectivity index (χ0v) is 22.1. The minimum Gasteiger partial charge on any atom is -0.361 e. The largest absolute Gasteiger partial charge is 0.397 e. The van der Waals surface area contributed by atoms with Crippen LogP contribution >= 0.6 is 11.8 Å². The molecular formula is C23H34F3N5OSSi. The van der Waals surface area contributed by atoms with Gasteiger partial charge in [-0.3, -0.25) is 9.56 Å². The van der Waals surface area contributed by atoms with Crippen LogP contribution in [0.1, 0.15) is 43.8 Å². The zero-order chi connectivity index (χ0) is 24.3. The number of thioether (sulfide) groups is 1. The van der Waals surface area contributed by atoms with E-state index >= 15 is 0 Å². The van der Waals surface area contributed by atoms with Gasteiger partial charge in [-0.2, -0.15) is 13.2 Å². The molecule has 2 aliphatic heterocycles. The van der Waals surface area contributed by atoms with E-state index in [0.29, 0.717) is 19.1 Å². The van der Waals surface area contributed by atoms with Crippen molar-refractivity contribution < 1.29 is 17.9 Å². The first-order chi connectivity index (χ1) is 16.0. The lowest BCUT2D eigenvalue weighted by Gasteiger charge is -2.24. The maximum atomic E-state index is 12.8. The molecule has 0 bridgehead atoms. The molecule has 0 radical (unpaired) electrons. The number of ether oxygens (including phenoxy) is 1. The second-order valence-corrected chi connectivity index (χ2v) is 18.2. The highest BCUT2D eigenvalue weighted by Gasteiger charge is 2.72. The van der Waals surface area contributed by atoms with Crippen LogP contribution in [0, 0.1) is 5.92 Å². The van der Waals surface area contributed by atoms with Gasteiger partial charge in [-0.1, -0.05) is 33.0 Å². The fourth-order valence-electron chi connectivity index (χ4n) is 5.89. The molecule has 6 nitrogen and oxygen atoms in total. The van der Waals surface area contributed by atoms with Crippen LogP contribution in [0.25, 0.3) is 0 Å². The monoisotopic (exact) mass is 513 g/mol. The van der Waals surface area contributed by atoms with E-state index in [-0.39, 0.29) is 28.8 Å². The molecule has 3 heterocycles. The molecule has 6 atom stereocenters. The van der Waals surface area contributed by atoms with Crippen molar-refractivity contribution in [1.29, 1.82) is 0 Å². The van der Waals surface area contributed by atoms with Crippen molar-refractivity contribution >= 4 is 26.1 Å². The summed E-state index contributed by atoms with van der Waals surface area (Å²) in [6.45, 7) is 10.5. The number of halogens is 3. The maximum absolute atomic E-state index is 12.8. The Hall–Kier alpha value is -1.33. The first kappa shape index (κ1) is 24.4. The summed E-state index contributed by atoms with van der Waals surface area (Å²) < 4.78 is 46.7. The molecule has 2 fully saturated rings. The van der Waals surface area contributed by atoms with Crippen LogP contribution in [0.5, 0.6) is 0 Å². The van der Waals surface area contributed by atoms with Crippen molar-refractivity contribution in [2.45, 2.75) is 86.8 Å². The molecule has 188 valence electrons. The van der Waals surface area contributed by atoms with E-state index in [2.05, 4.69) is 58.5 Å². The highest BCUT2D eigenvalue weighted by molar-refractivity contribution is 7.99. The zero-order valence-electron chi connectivity index (χ0n) is 20.3. The molecule has 0 amide bonds. The van der Waals surface area contributed by atoms with E-state index < -0.39 is 20.0 Å². The quantitative estimate of drug-likeness (QED) is 0.349. The number of fused-ring (bicyclic) bond motifs is 2. The minimum absolute atomic E-state index is 0.000430. The van der Waals surface area contributed by atoms with Crippen molar-refractivity contribution in [3.63, 3.8) is 0 Å². The Kier molecular flexibility index (Phi) is 6.20. The van der Waals surface area contributed by atoms with Gasteiger partial charge in [0, 0.05) is 32.0 Å². The molecule has 5 rings (SSSR count). The van der Waals surface area contributed by atoms with Gasteiger partial charge in [0.05, 0.1) is 18.0 Å². The second kappa shape index (κ2) is 8.65. The second-order valence-electron chi connectivity index (χ2n) is 11.3. The molecule has 2 saturated carbocycles. The van der Waals surface area contributed by atoms with Gasteiger partial charge in [0.2, 0.25) is 0 Å². The number of alkyl halides is 3. The SMILES string of the molecule is CCC1CC(SCC(F)(F)F)CC1c1nnc2n1C13C=CN(COCC[Si](C)(C)C)C1C3N=C2. The summed E-state index contributed by atoms with van der Waals surface area (Å²) >= 11 is 1.05. The molecule has 1 aromatic heterocycles. The van der Waals surface area contributed by atoms with Crippen LogP contribution in [0.15, 0.2) is 17.3 Å². The van der Waals surface area contributed by atoms with E-state index in [9.17, 15) is 13.2 Å². The molecular weight excluding hydrogens is 479 g/mol. The number of hydrogen-bond donors (Lipinski definition) is 0. The predicted octanol–water partition coefficient (Wildman–Crippen LogP) is 4.87. The third-order valence-corrected chi connectivity index (χ3v) is 10.8. The molecule has 0 aromatic carbocycles. The molecule has 1 spiro atoms. The lowest BCUT2D eigenvalue weighted by molar-refractivity contribution is -0.105. The highest BCUT2D eigenvalue weighted by Crippen LogP contribution is 2.58. The Morgan fingerprint density at radius 3 is 2.74 bits per heavy atom. The normalized spacial score (nSPS) is 33.9. The summed E-state index contributed by atoms with van der Waals surface area (Å²) in [4.78, 5) is 7.00. The number of nitrogens with zero attached hydrogens (tertiary/aromatic N) is 5. The van der Waals surface area contributed by atoms with E-state index in [1.54, 1.807) is 0 Å². The van der Waals surface area contributed by atoms with Crippen molar-refractivity contribution in [3.8, 4) is 0 Å². The van der Waals surface area contributed by atoms with Crippen LogP contribution in [-0.2, 0) is 10.3 Å². The van der Waals surface area contributed by atoms with Crippen LogP contribution in [0.2, 0.25) is 25.7 Å². The first-order valence-electron chi connectivity index (χ1n) is 12.2. The van der Waals surface area contributed by atoms with Crippen molar-refractivity contribution in [2.75, 3.05) is 19.1 Å². The van der Waals surface area contributed by atoms with E-state index in [4.69, 9.17) is 9.73 Å². The average molecular weight is 514 g/mol. The van der Waals surface area contributed by atoms with Crippen LogP contribution < -0.4 is 0 Å². The van der Waals surface area contributed by atoms with Gasteiger partial charge < -0.3 is 9.64 Å². The number of aromatic nitrogens is 3. The third-order valence-electron chi connectivity index (χ3n) is 7.71. The molecule has 0 saturated heterocycles. The Balaban J connectivity index is 1.31. The Labute approximate surface area is 204 Å². The Morgan fingerprint density at radius 1 is 1.24 bits per heavy atom. The van der Waals surface area contributed by atoms with Crippen molar-refractivity contribution in [3.05, 3.63) is 23.9 Å². The van der Waals surface area contributed by atoms with Gasteiger partial charge in [-0.15, -0.1) is 22.0 Å². The number of aliphatic imine (C=N–C) groups is 1. The van der Waals surface area contributed by atoms with Crippen LogP contribution in [0.3, 0.4) is 0 Å². The van der Waals surface area contributed by atoms with Crippen LogP contribution in [-0.4, -0.2) is 76.6 Å². The summed E-state index contributed by atoms with van der Waals surface area (Å²) in [6.07, 6.45) is 4.45. The fourth-order valence-corrected chi connectivity index (χ4v) is 7.80. The maximum Gasteiger partial charge on any atom is 0.397 e. The van der Waals surface area contributed by atoms with E-state index in [1.807, 2.05) is 6.21 Å². The third kappa shape index (κ3) is 4.36. The van der Waals surface area contributed by atoms with Gasteiger partial charge in [0.25, 0.3) is 0 Å². The number of hydrogen-bond acceptors (Lipinski definition) is 6. The lowest BCUT2D eigenvalue weighted by atomic mass is 9.92. The molecule has 11 heteroatoms. The Bertz CT molecular complexity index is 977. The van der Waals surface area contributed by atoms with Gasteiger partial charge in [0.15, 0.2) is 5.82 Å². The summed E-state index contributed by atoms with van der Waals surface area (Å²) in [5, 5.41) is 9.03. The predicted molar refractivity (Wildman–Crippen MR) is 131 cm³/mol. The standard InChI is InChI=1S/C23H34F3N5OSSi/c1-5-15-10-16(33-13-23(24,25)26)11-17(15)21-29-28-18-12-27-19-20-22(19,31(18)21)6-7-30(20)14-32-8-9-34(2,3)4/h6-7,12,15-17,19-20H,5,8-11,13-14H2,1-4H3. The fraction of sp³-hybridized carbons (Fsp3) is 0.783. The minimum atomic E-state index is -4.13. The molecule has 2 aliphatic carbocycles. The molecule has 34 heavy (non-hydrogen) atoms. The van der Waals surface area contributed by atoms with Crippen molar-refractivity contribution in [2.24, 2.45) is 10.9 Å². The summed E-state index contributed by atoms with van der Waals surface area (Å²) in [5.74, 6) is 1.32. The molecule has 6 unspecified atom stereocenters. The topological polar surface area (TPSA) is 55.5 Å². The highest BCUT2D eigenvalue weighted by atomic mass is 32.2. The van der Waals surface area contributed by atoms with Crippen LogP contribution in [0.4, 0.5) is 13.2 Å². The molecule has 1 aromatic rings. The first-order valence-corrected chi connectivity index (χ1v) is 17.0. The average Bonchev–Trinajstić information content (AvgIpc) is 3.14. The lowest BCUT2D eigenvalue weighted by Crippen LogP contribution is -2.30. The van der Waals surface area contributed by atoms with Gasteiger partial charge in [-0.05, 0) is 30.9 Å². The Morgan fingerprint density at radius 2 is 2.03 bits per heavy atom. The summed E-state index contributed by atoms with van der Waals surface area (Å²) in [5.41, 5.74) is -0.291. The van der Waals surface area contributed by atoms with Crippen molar-refractivity contribution in [1.82, 2.24) is 19.7 Å². The summed E-state index contributed by atoms with van der Waals surface area (Å²) in [6, 6.07) is 1.43. The molecule has 4 aliphatic rings. The van der Waals surface area contributed by atoms with Gasteiger partial charge in [-0.25, -0.2) is 0 Å². The van der Waals surface area contributed by atoms with E-state index in [0.717, 1.165) is 48.9 Å².